The minimum Gasteiger partial charge on any atom is -0.536 e. The second-order valence-electron chi connectivity index (χ2n) is 0.547. The second-order valence-corrected chi connectivity index (χ2v) is 0.547. The molecule has 0 aliphatic carbocycles. The van der Waals surface area contributed by atoms with Crippen LogP contribution in [0.25, 0.3) is 0 Å². The summed E-state index contributed by atoms with van der Waals surface area (Å²) in [4.78, 5) is 0. The molecule has 0 rings (SSSR count). The molecule has 2 nitrogen and oxygen atoms in total. The van der Waals surface area contributed by atoms with Gasteiger partial charge < -0.3 is 10.2 Å². The fourth-order valence-electron chi connectivity index (χ4n) is 0. The van der Waals surface area contributed by atoms with Crippen LogP contribution in [0.4, 0.5) is 0 Å². The number of hydrogen-bond acceptors (Lipinski definition) is 2. The molecule has 0 radical (unpaired) electrons. The Morgan fingerprint density at radius 1 is 1.50 bits per heavy atom. The molecule has 0 bridgehead atoms. The van der Waals surface area contributed by atoms with Crippen LogP contribution in [-0.4, -0.2) is 10.2 Å². The van der Waals surface area contributed by atoms with E-state index < -0.39 is 6.29 Å². The van der Waals surface area contributed by atoms with E-state index in [2.05, 4.69) is 0 Å². The van der Waals surface area contributed by atoms with E-state index in [1.54, 1.807) is 0 Å². The number of rotatable bonds is 0. The van der Waals surface area contributed by atoms with Crippen molar-refractivity contribution in [1.29, 1.82) is 0 Å². The molecule has 0 aromatic heterocycles. The summed E-state index contributed by atoms with van der Waals surface area (Å²) >= 11 is 0. The predicted octanol–water partition coefficient (Wildman–Crippen LogP) is 0.241. The average Bonchev–Trinajstić information content (AvgIpc) is 0.811. The highest BCUT2D eigenvalue weighted by molar-refractivity contribution is 4.35. The van der Waals surface area contributed by atoms with Crippen molar-refractivity contribution in [2.24, 2.45) is 0 Å². The topological polar surface area (TPSA) is 40.5 Å². The second kappa shape index (κ2) is 1.26. The maximum Gasteiger partial charge on any atom is -0.0923 e. The average molecular weight is 61.1 g/mol. The first kappa shape index (κ1) is 3.92. The van der Waals surface area contributed by atoms with Crippen LogP contribution in [0.1, 0.15) is 6.92 Å². The lowest BCUT2D eigenvalue weighted by molar-refractivity contribution is 0.0939. The number of aliphatic hydroxyl groups excluding tert-OH is 1. The van der Waals surface area contributed by atoms with E-state index >= 15 is 0 Å². The van der Waals surface area contributed by atoms with Gasteiger partial charge in [0.2, 0.25) is 0 Å². The van der Waals surface area contributed by atoms with Gasteiger partial charge in [0.25, 0.3) is 0 Å². The third kappa shape index (κ3) is 254. The van der Waals surface area contributed by atoms with Gasteiger partial charge in [-0.15, -0.1) is 6.92 Å². The van der Waals surface area contributed by atoms with Crippen molar-refractivity contribution < 1.29 is 10.2 Å². The number of aliphatic hydroxyl groups is 2. The Bertz CT molecular complexity index is 8.75. The lowest BCUT2D eigenvalue weighted by Crippen LogP contribution is -1.78. The highest BCUT2D eigenvalue weighted by Gasteiger charge is 1.50. The van der Waals surface area contributed by atoms with Crippen LogP contribution in [0, 0.1) is 6.29 Å². The molecular formula is C2H5O2-. The van der Waals surface area contributed by atoms with Gasteiger partial charge in [0, 0.05) is 0 Å². The van der Waals surface area contributed by atoms with Gasteiger partial charge in [-0.1, -0.05) is 6.29 Å². The molecule has 0 aliphatic heterocycles. The van der Waals surface area contributed by atoms with Gasteiger partial charge in [0.05, 0.1) is 0 Å². The molecule has 2 heteroatoms. The smallest absolute Gasteiger partial charge is 0.0923 e. The van der Waals surface area contributed by atoms with E-state index in [0.29, 0.717) is 0 Å². The zero-order valence-corrected chi connectivity index (χ0v) is 2.39. The molecule has 0 unspecified atom stereocenters. The van der Waals surface area contributed by atoms with E-state index in [9.17, 15) is 0 Å². The van der Waals surface area contributed by atoms with Gasteiger partial charge in [-0.3, -0.25) is 0 Å². The molecule has 0 aliphatic rings. The zero-order valence-electron chi connectivity index (χ0n) is 2.39. The monoisotopic (exact) mass is 61.0 g/mol. The first-order chi connectivity index (χ1) is 1.73. The molecule has 4 heavy (non-hydrogen) atoms. The maximum atomic E-state index is 7.53. The van der Waals surface area contributed by atoms with Crippen LogP contribution in [0.2, 0.25) is 0 Å². The van der Waals surface area contributed by atoms with Crippen LogP contribution in [-0.2, 0) is 0 Å². The van der Waals surface area contributed by atoms with Crippen molar-refractivity contribution >= 4 is 0 Å². The standard InChI is InChI=1S/C2H5O2/c1-2(3)4/h3-4H,1H3/q-1. The molecule has 0 fully saturated rings. The van der Waals surface area contributed by atoms with E-state index in [0.717, 1.165) is 0 Å². The normalized spacial score (nSPS) is 9.00. The quantitative estimate of drug-likeness (QED) is 0.394. The Kier molecular flexibility index (Phi) is 1.24. The van der Waals surface area contributed by atoms with Gasteiger partial charge in [0.1, 0.15) is 0 Å². The summed E-state index contributed by atoms with van der Waals surface area (Å²) in [6.07, 6.45) is -0.583. The molecule has 0 aromatic rings. The van der Waals surface area contributed by atoms with Crippen LogP contribution >= 0.6 is 0 Å². The molecule has 2 N–H and O–H groups in total. The Morgan fingerprint density at radius 2 is 1.50 bits per heavy atom. The van der Waals surface area contributed by atoms with E-state index in [4.69, 9.17) is 10.2 Å². The summed E-state index contributed by atoms with van der Waals surface area (Å²) in [6, 6.07) is 0. The highest BCUT2D eigenvalue weighted by Crippen LogP contribution is 1.72. The fraction of sp³-hybridized carbons (Fsp3) is 0.500. The van der Waals surface area contributed by atoms with Crippen LogP contribution in [0.15, 0.2) is 0 Å². The third-order valence-corrected chi connectivity index (χ3v) is 0. The molecule has 0 saturated carbocycles. The molecule has 0 heterocycles. The maximum absolute atomic E-state index is 7.53. The van der Waals surface area contributed by atoms with Crippen LogP contribution in [0.5, 0.6) is 0 Å². The number of hydrogen-bond donors (Lipinski definition) is 2. The van der Waals surface area contributed by atoms with Gasteiger partial charge in [0.15, 0.2) is 0 Å². The zero-order chi connectivity index (χ0) is 3.58. The largest absolute Gasteiger partial charge is 0.536 e. The van der Waals surface area contributed by atoms with Gasteiger partial charge in [-0.2, -0.15) is 0 Å². The van der Waals surface area contributed by atoms with Gasteiger partial charge in [-0.05, 0) is 0 Å². The van der Waals surface area contributed by atoms with Crippen molar-refractivity contribution in [3.63, 3.8) is 0 Å². The summed E-state index contributed by atoms with van der Waals surface area (Å²) < 4.78 is 0. The summed E-state index contributed by atoms with van der Waals surface area (Å²) in [5.41, 5.74) is 0. The molecule has 0 atom stereocenters. The van der Waals surface area contributed by atoms with Crippen molar-refractivity contribution in [2.75, 3.05) is 0 Å². The Balaban J connectivity index is 2.32. The summed E-state index contributed by atoms with van der Waals surface area (Å²) in [7, 11) is 0. The van der Waals surface area contributed by atoms with E-state index in [1.165, 1.54) is 6.92 Å². The lowest BCUT2D eigenvalue weighted by atomic mass is 10.8. The highest BCUT2D eigenvalue weighted by atomic mass is 16.5. The SMILES string of the molecule is C[C-](O)O. The van der Waals surface area contributed by atoms with Crippen molar-refractivity contribution in [3.05, 3.63) is 6.29 Å². The Morgan fingerprint density at radius 3 is 1.50 bits per heavy atom. The van der Waals surface area contributed by atoms with Crippen molar-refractivity contribution in [3.8, 4) is 0 Å². The molecule has 0 spiro atoms. The van der Waals surface area contributed by atoms with Crippen LogP contribution in [0.3, 0.4) is 0 Å². The first-order valence-electron chi connectivity index (χ1n) is 0.947. The predicted molar refractivity (Wildman–Crippen MR) is 12.8 cm³/mol. The van der Waals surface area contributed by atoms with Crippen LogP contribution < -0.4 is 0 Å². The Labute approximate surface area is 24.7 Å². The molecule has 0 amide bonds. The molecule has 0 saturated heterocycles. The minimum atomic E-state index is -0.583. The summed E-state index contributed by atoms with van der Waals surface area (Å²) in [5.74, 6) is 0. The third-order valence-electron chi connectivity index (χ3n) is 0. The van der Waals surface area contributed by atoms with Gasteiger partial charge >= 0.3 is 0 Å². The lowest BCUT2D eigenvalue weighted by Gasteiger charge is -2.00. The van der Waals surface area contributed by atoms with E-state index in [1.807, 2.05) is 0 Å². The summed E-state index contributed by atoms with van der Waals surface area (Å²) in [6.45, 7) is 1.19. The molecular weight excluding hydrogens is 56.0 g/mol. The van der Waals surface area contributed by atoms with Gasteiger partial charge in [-0.25, -0.2) is 0 Å². The molecule has 0 aromatic carbocycles. The summed E-state index contributed by atoms with van der Waals surface area (Å²) in [5, 5.41) is 15.1. The Hall–Kier alpha value is -0.0800. The van der Waals surface area contributed by atoms with Crippen molar-refractivity contribution in [2.45, 2.75) is 6.92 Å². The molecule has 26 valence electrons. The van der Waals surface area contributed by atoms with Crippen molar-refractivity contribution in [1.82, 2.24) is 0 Å². The minimum absolute atomic E-state index is 0.583. The van der Waals surface area contributed by atoms with E-state index in [-0.39, 0.29) is 0 Å². The first-order valence-corrected chi connectivity index (χ1v) is 0.947. The fourth-order valence-corrected chi connectivity index (χ4v) is 0.